The highest BCUT2D eigenvalue weighted by Crippen LogP contribution is 2.28. The maximum absolute atomic E-state index is 6.13. The molecule has 0 bridgehead atoms. The lowest BCUT2D eigenvalue weighted by Gasteiger charge is -2.06. The molecule has 114 valence electrons. The van der Waals surface area contributed by atoms with Gasteiger partial charge in [0, 0.05) is 22.2 Å². The van der Waals surface area contributed by atoms with Crippen LogP contribution in [0.15, 0.2) is 27.8 Å². The number of hydrogen-bond acceptors (Lipinski definition) is 4. The van der Waals surface area contributed by atoms with Gasteiger partial charge in [0.25, 0.3) is 11.1 Å². The Morgan fingerprint density at radius 3 is 2.71 bits per heavy atom. The summed E-state index contributed by atoms with van der Waals surface area (Å²) in [6.45, 7) is 4.29. The number of rotatable bonds is 6. The zero-order chi connectivity index (χ0) is 15.4. The first-order chi connectivity index (χ1) is 9.95. The lowest BCUT2D eigenvalue weighted by molar-refractivity contribution is -0.435. The molecule has 0 aliphatic carbocycles. The summed E-state index contributed by atoms with van der Waals surface area (Å²) in [6.07, 6.45) is 0.926. The molecule has 2 aromatic rings. The van der Waals surface area contributed by atoms with Crippen LogP contribution in [-0.4, -0.2) is 10.2 Å². The normalized spacial score (nSPS) is 12.9. The third-order valence-electron chi connectivity index (χ3n) is 2.89. The maximum Gasteiger partial charge on any atom is 0.277 e. The topological polar surface area (TPSA) is 66.6 Å². The summed E-state index contributed by atoms with van der Waals surface area (Å²) in [4.78, 5) is 0. The van der Waals surface area contributed by atoms with Crippen molar-refractivity contribution < 1.29 is 10.2 Å². The molecule has 0 spiro atoms. The average Bonchev–Trinajstić information content (AvgIpc) is 2.86. The number of aromatic nitrogens is 2. The molecule has 1 unspecified atom stereocenters. The third-order valence-corrected chi connectivity index (χ3v) is 4.35. The standard InChI is InChI=1S/C14H17Cl2N3OS/c1-8(2)5-12(17)13-18-19-14(20-13)21-7-9-3-4-10(15)6-11(9)16/h3-4,6,8,12H,5,7,17H2,1-2H3/p+1. The van der Waals surface area contributed by atoms with Crippen molar-refractivity contribution in [2.45, 2.75) is 37.3 Å². The third kappa shape index (κ3) is 4.88. The van der Waals surface area contributed by atoms with Crippen LogP contribution >= 0.6 is 35.0 Å². The molecule has 0 fully saturated rings. The maximum atomic E-state index is 6.13. The number of benzene rings is 1. The first-order valence-electron chi connectivity index (χ1n) is 6.69. The van der Waals surface area contributed by atoms with Gasteiger partial charge in [-0.05, 0) is 23.6 Å². The van der Waals surface area contributed by atoms with Crippen molar-refractivity contribution in [2.75, 3.05) is 0 Å². The van der Waals surface area contributed by atoms with Gasteiger partial charge in [-0.15, -0.1) is 10.2 Å². The van der Waals surface area contributed by atoms with Crippen LogP contribution in [0.5, 0.6) is 0 Å². The van der Waals surface area contributed by atoms with E-state index in [4.69, 9.17) is 27.6 Å². The molecule has 4 nitrogen and oxygen atoms in total. The fourth-order valence-electron chi connectivity index (χ4n) is 1.89. The molecule has 1 aromatic heterocycles. The van der Waals surface area contributed by atoms with Crippen molar-refractivity contribution in [1.29, 1.82) is 0 Å². The second-order valence-electron chi connectivity index (χ2n) is 5.26. The molecule has 0 aliphatic heterocycles. The van der Waals surface area contributed by atoms with Gasteiger partial charge in [-0.2, -0.15) is 0 Å². The van der Waals surface area contributed by atoms with E-state index in [9.17, 15) is 0 Å². The summed E-state index contributed by atoms with van der Waals surface area (Å²) in [5.74, 6) is 1.79. The SMILES string of the molecule is CC(C)CC([NH3+])c1nnc(SCc2ccc(Cl)cc2Cl)o1. The number of hydrogen-bond donors (Lipinski definition) is 1. The van der Waals surface area contributed by atoms with Crippen LogP contribution in [0.3, 0.4) is 0 Å². The summed E-state index contributed by atoms with van der Waals surface area (Å²) < 4.78 is 5.64. The van der Waals surface area contributed by atoms with Gasteiger partial charge in [-0.3, -0.25) is 0 Å². The van der Waals surface area contributed by atoms with Crippen LogP contribution in [0.2, 0.25) is 10.0 Å². The van der Waals surface area contributed by atoms with E-state index in [-0.39, 0.29) is 6.04 Å². The van der Waals surface area contributed by atoms with E-state index in [1.54, 1.807) is 6.07 Å². The Balaban J connectivity index is 1.96. The molecule has 1 heterocycles. The minimum Gasteiger partial charge on any atom is -0.410 e. The van der Waals surface area contributed by atoms with Crippen molar-refractivity contribution in [3.05, 3.63) is 39.7 Å². The molecule has 21 heavy (non-hydrogen) atoms. The highest BCUT2D eigenvalue weighted by molar-refractivity contribution is 7.98. The Hall–Kier alpha value is -0.750. The first-order valence-corrected chi connectivity index (χ1v) is 8.43. The number of thioether (sulfide) groups is 1. The number of nitrogens with zero attached hydrogens (tertiary/aromatic N) is 2. The van der Waals surface area contributed by atoms with E-state index in [1.165, 1.54) is 11.8 Å². The van der Waals surface area contributed by atoms with Gasteiger partial charge in [-0.25, -0.2) is 0 Å². The van der Waals surface area contributed by atoms with Crippen LogP contribution in [0.4, 0.5) is 0 Å². The minimum atomic E-state index is 0.0333. The zero-order valence-corrected chi connectivity index (χ0v) is 14.3. The Morgan fingerprint density at radius 2 is 2.05 bits per heavy atom. The van der Waals surface area contributed by atoms with Gasteiger partial charge in [0.15, 0.2) is 6.04 Å². The lowest BCUT2D eigenvalue weighted by atomic mass is 10.1. The van der Waals surface area contributed by atoms with Crippen LogP contribution in [0, 0.1) is 5.92 Å². The van der Waals surface area contributed by atoms with Gasteiger partial charge in [0.1, 0.15) is 0 Å². The van der Waals surface area contributed by atoms with Crippen LogP contribution < -0.4 is 5.73 Å². The fourth-order valence-corrected chi connectivity index (χ4v) is 3.22. The molecule has 3 N–H and O–H groups in total. The molecule has 2 rings (SSSR count). The van der Waals surface area contributed by atoms with Crippen molar-refractivity contribution in [3.8, 4) is 0 Å². The van der Waals surface area contributed by atoms with Gasteiger partial charge in [-0.1, -0.05) is 54.9 Å². The number of quaternary nitrogens is 1. The molecular formula is C14H18Cl2N3OS+. The van der Waals surface area contributed by atoms with Crippen molar-refractivity contribution in [1.82, 2.24) is 10.2 Å². The van der Waals surface area contributed by atoms with Crippen molar-refractivity contribution >= 4 is 35.0 Å². The van der Waals surface area contributed by atoms with Gasteiger partial charge < -0.3 is 10.2 Å². The van der Waals surface area contributed by atoms with E-state index in [0.29, 0.717) is 32.8 Å². The molecule has 0 aliphatic rings. The molecule has 1 aromatic carbocycles. The largest absolute Gasteiger partial charge is 0.410 e. The quantitative estimate of drug-likeness (QED) is 0.802. The van der Waals surface area contributed by atoms with E-state index < -0.39 is 0 Å². The summed E-state index contributed by atoms with van der Waals surface area (Å²) in [7, 11) is 0. The lowest BCUT2D eigenvalue weighted by Crippen LogP contribution is -2.54. The van der Waals surface area contributed by atoms with E-state index in [1.807, 2.05) is 12.1 Å². The molecule has 0 amide bonds. The number of halogens is 2. The summed E-state index contributed by atoms with van der Waals surface area (Å²) in [5, 5.41) is 9.91. The van der Waals surface area contributed by atoms with Gasteiger partial charge in [0.05, 0.1) is 0 Å². The molecule has 1 atom stereocenters. The first kappa shape index (κ1) is 16.6. The summed E-state index contributed by atoms with van der Waals surface area (Å²) in [5.41, 5.74) is 5.05. The Morgan fingerprint density at radius 1 is 1.29 bits per heavy atom. The summed E-state index contributed by atoms with van der Waals surface area (Å²) >= 11 is 13.5. The summed E-state index contributed by atoms with van der Waals surface area (Å²) in [6, 6.07) is 5.48. The fraction of sp³-hybridized carbons (Fsp3) is 0.429. The second kappa shape index (κ2) is 7.49. The predicted molar refractivity (Wildman–Crippen MR) is 85.4 cm³/mol. The molecular weight excluding hydrogens is 329 g/mol. The smallest absolute Gasteiger partial charge is 0.277 e. The molecule has 7 heteroatoms. The monoisotopic (exact) mass is 346 g/mol. The van der Waals surface area contributed by atoms with Crippen molar-refractivity contribution in [3.63, 3.8) is 0 Å². The van der Waals surface area contributed by atoms with E-state index >= 15 is 0 Å². The van der Waals surface area contributed by atoms with Gasteiger partial charge in [0.2, 0.25) is 0 Å². The zero-order valence-electron chi connectivity index (χ0n) is 12.0. The molecule has 0 saturated heterocycles. The Kier molecular flexibility index (Phi) is 5.93. The van der Waals surface area contributed by atoms with Crippen LogP contribution in [0.1, 0.15) is 37.8 Å². The average molecular weight is 347 g/mol. The van der Waals surface area contributed by atoms with Crippen LogP contribution in [-0.2, 0) is 5.75 Å². The van der Waals surface area contributed by atoms with E-state index in [0.717, 1.165) is 12.0 Å². The highest BCUT2D eigenvalue weighted by atomic mass is 35.5. The minimum absolute atomic E-state index is 0.0333. The Labute approximate surface area is 138 Å². The van der Waals surface area contributed by atoms with Gasteiger partial charge >= 0.3 is 0 Å². The Bertz CT molecular complexity index is 604. The van der Waals surface area contributed by atoms with E-state index in [2.05, 4.69) is 29.8 Å². The highest BCUT2D eigenvalue weighted by Gasteiger charge is 2.19. The predicted octanol–water partition coefficient (Wildman–Crippen LogP) is 4.00. The van der Waals surface area contributed by atoms with Crippen LogP contribution in [0.25, 0.3) is 0 Å². The molecule has 0 radical (unpaired) electrons. The van der Waals surface area contributed by atoms with Crippen molar-refractivity contribution in [2.24, 2.45) is 5.92 Å². The second-order valence-corrected chi connectivity index (χ2v) is 7.03. The molecule has 0 saturated carbocycles.